The number of rotatable bonds is 11. The second-order valence-electron chi connectivity index (χ2n) is 5.33. The van der Waals surface area contributed by atoms with E-state index in [1.54, 1.807) is 20.4 Å². The number of nitrogens with one attached hydrogen (secondary N) is 2. The van der Waals surface area contributed by atoms with Crippen molar-refractivity contribution < 1.29 is 13.9 Å². The fraction of sp³-hybridized carbons (Fsp3) is 0.688. The highest BCUT2D eigenvalue weighted by Gasteiger charge is 2.17. The van der Waals surface area contributed by atoms with Gasteiger partial charge in [0, 0.05) is 33.9 Å². The molecular formula is C16H30N4O3. The third-order valence-corrected chi connectivity index (χ3v) is 3.37. The summed E-state index contributed by atoms with van der Waals surface area (Å²) in [5.74, 6) is 1.71. The van der Waals surface area contributed by atoms with E-state index in [0.717, 1.165) is 24.7 Å². The van der Waals surface area contributed by atoms with Crippen LogP contribution >= 0.6 is 0 Å². The van der Waals surface area contributed by atoms with Crippen molar-refractivity contribution in [3.63, 3.8) is 0 Å². The van der Waals surface area contributed by atoms with Gasteiger partial charge in [-0.1, -0.05) is 0 Å². The molecule has 1 aromatic rings. The van der Waals surface area contributed by atoms with Gasteiger partial charge >= 0.3 is 0 Å². The molecule has 7 heteroatoms. The maximum atomic E-state index is 5.50. The van der Waals surface area contributed by atoms with Crippen molar-refractivity contribution in [1.29, 1.82) is 0 Å². The monoisotopic (exact) mass is 326 g/mol. The van der Waals surface area contributed by atoms with E-state index in [1.807, 2.05) is 26.2 Å². The van der Waals surface area contributed by atoms with Gasteiger partial charge in [-0.3, -0.25) is 9.89 Å². The van der Waals surface area contributed by atoms with Gasteiger partial charge in [0.25, 0.3) is 0 Å². The van der Waals surface area contributed by atoms with Crippen molar-refractivity contribution in [2.45, 2.75) is 12.5 Å². The lowest BCUT2D eigenvalue weighted by Crippen LogP contribution is -2.42. The van der Waals surface area contributed by atoms with Crippen molar-refractivity contribution in [1.82, 2.24) is 15.5 Å². The number of ether oxygens (including phenoxy) is 2. The standard InChI is InChI=1S/C16H30N4O3/c1-17-16(18-8-6-9-22-12-11-21-4)19-13-14(20(2)3)15-7-5-10-23-15/h5,7,10,14H,6,8-9,11-13H2,1-4H3,(H2,17,18,19). The van der Waals surface area contributed by atoms with Gasteiger partial charge in [-0.15, -0.1) is 0 Å². The molecule has 132 valence electrons. The Kier molecular flexibility index (Phi) is 10.1. The van der Waals surface area contributed by atoms with E-state index >= 15 is 0 Å². The van der Waals surface area contributed by atoms with Gasteiger partial charge in [0.05, 0.1) is 25.5 Å². The van der Waals surface area contributed by atoms with Crippen molar-refractivity contribution in [3.05, 3.63) is 24.2 Å². The summed E-state index contributed by atoms with van der Waals surface area (Å²) in [4.78, 5) is 6.35. The lowest BCUT2D eigenvalue weighted by atomic mass is 10.2. The number of likely N-dealkylation sites (N-methyl/N-ethyl adjacent to an activating group) is 1. The normalized spacial score (nSPS) is 13.3. The van der Waals surface area contributed by atoms with E-state index in [4.69, 9.17) is 13.9 Å². The fourth-order valence-corrected chi connectivity index (χ4v) is 2.06. The zero-order chi connectivity index (χ0) is 16.9. The number of hydrogen-bond donors (Lipinski definition) is 2. The lowest BCUT2D eigenvalue weighted by Gasteiger charge is -2.23. The Hall–Kier alpha value is -1.57. The van der Waals surface area contributed by atoms with E-state index < -0.39 is 0 Å². The van der Waals surface area contributed by atoms with Crippen LogP contribution in [0.2, 0.25) is 0 Å². The highest BCUT2D eigenvalue weighted by molar-refractivity contribution is 5.79. The number of aliphatic imine (C=N–C) groups is 1. The first-order valence-corrected chi connectivity index (χ1v) is 7.90. The van der Waals surface area contributed by atoms with Crippen LogP contribution in [0.3, 0.4) is 0 Å². The second kappa shape index (κ2) is 11.9. The van der Waals surface area contributed by atoms with Crippen LogP contribution < -0.4 is 10.6 Å². The number of nitrogens with zero attached hydrogens (tertiary/aromatic N) is 2. The molecule has 1 aromatic heterocycles. The average Bonchev–Trinajstić information content (AvgIpc) is 3.06. The third kappa shape index (κ3) is 8.01. The van der Waals surface area contributed by atoms with E-state index in [2.05, 4.69) is 20.5 Å². The fourth-order valence-electron chi connectivity index (χ4n) is 2.06. The minimum absolute atomic E-state index is 0.154. The second-order valence-corrected chi connectivity index (χ2v) is 5.33. The first kappa shape index (κ1) is 19.5. The summed E-state index contributed by atoms with van der Waals surface area (Å²) in [6.07, 6.45) is 2.61. The Labute approximate surface area is 139 Å². The Morgan fingerprint density at radius 1 is 1.30 bits per heavy atom. The predicted octanol–water partition coefficient (Wildman–Crippen LogP) is 1.10. The quantitative estimate of drug-likeness (QED) is 0.360. The summed E-state index contributed by atoms with van der Waals surface area (Å²) in [6, 6.07) is 4.04. The van der Waals surface area contributed by atoms with Crippen LogP contribution in [0.5, 0.6) is 0 Å². The van der Waals surface area contributed by atoms with Gasteiger partial charge < -0.3 is 24.5 Å². The van der Waals surface area contributed by atoms with Crippen molar-refractivity contribution in [3.8, 4) is 0 Å². The summed E-state index contributed by atoms with van der Waals surface area (Å²) in [5, 5.41) is 6.61. The lowest BCUT2D eigenvalue weighted by molar-refractivity contribution is 0.0698. The smallest absolute Gasteiger partial charge is 0.191 e. The van der Waals surface area contributed by atoms with E-state index in [-0.39, 0.29) is 6.04 Å². The molecule has 23 heavy (non-hydrogen) atoms. The predicted molar refractivity (Wildman–Crippen MR) is 91.8 cm³/mol. The molecule has 0 spiro atoms. The Balaban J connectivity index is 2.25. The number of furan rings is 1. The molecule has 0 amide bonds. The summed E-state index contributed by atoms with van der Waals surface area (Å²) in [7, 11) is 7.50. The van der Waals surface area contributed by atoms with Gasteiger partial charge in [-0.05, 0) is 32.6 Å². The van der Waals surface area contributed by atoms with Crippen molar-refractivity contribution >= 4 is 5.96 Å². The first-order valence-electron chi connectivity index (χ1n) is 7.90. The van der Waals surface area contributed by atoms with Crippen LogP contribution in [0.1, 0.15) is 18.2 Å². The Bertz CT molecular complexity index is 421. The van der Waals surface area contributed by atoms with Crippen LogP contribution in [0, 0.1) is 0 Å². The Morgan fingerprint density at radius 3 is 2.74 bits per heavy atom. The largest absolute Gasteiger partial charge is 0.468 e. The molecular weight excluding hydrogens is 296 g/mol. The number of guanidine groups is 1. The maximum absolute atomic E-state index is 5.50. The molecule has 0 bridgehead atoms. The van der Waals surface area contributed by atoms with Gasteiger partial charge in [0.2, 0.25) is 0 Å². The maximum Gasteiger partial charge on any atom is 0.191 e. The average molecular weight is 326 g/mol. The van der Waals surface area contributed by atoms with Crippen LogP contribution in [-0.4, -0.2) is 72.0 Å². The van der Waals surface area contributed by atoms with E-state index in [1.165, 1.54) is 0 Å². The van der Waals surface area contributed by atoms with Crippen LogP contribution in [0.25, 0.3) is 0 Å². The molecule has 0 aliphatic rings. The number of hydrogen-bond acceptors (Lipinski definition) is 5. The molecule has 7 nitrogen and oxygen atoms in total. The zero-order valence-electron chi connectivity index (χ0n) is 14.7. The minimum atomic E-state index is 0.154. The summed E-state index contributed by atoms with van der Waals surface area (Å²) < 4.78 is 15.9. The molecule has 0 saturated heterocycles. The van der Waals surface area contributed by atoms with Gasteiger partial charge in [-0.2, -0.15) is 0 Å². The zero-order valence-corrected chi connectivity index (χ0v) is 14.7. The third-order valence-electron chi connectivity index (χ3n) is 3.37. The summed E-state index contributed by atoms with van der Waals surface area (Å²) in [5.41, 5.74) is 0. The van der Waals surface area contributed by atoms with Crippen molar-refractivity contribution in [2.24, 2.45) is 4.99 Å². The van der Waals surface area contributed by atoms with Gasteiger partial charge in [0.1, 0.15) is 5.76 Å². The molecule has 0 saturated carbocycles. The molecule has 0 aromatic carbocycles. The highest BCUT2D eigenvalue weighted by Crippen LogP contribution is 2.17. The van der Waals surface area contributed by atoms with Crippen LogP contribution in [0.4, 0.5) is 0 Å². The number of methoxy groups -OCH3 is 1. The highest BCUT2D eigenvalue weighted by atomic mass is 16.5. The molecule has 1 rings (SSSR count). The molecule has 0 radical (unpaired) electrons. The molecule has 1 atom stereocenters. The molecule has 0 fully saturated rings. The molecule has 0 aliphatic heterocycles. The van der Waals surface area contributed by atoms with Gasteiger partial charge in [0.15, 0.2) is 5.96 Å². The molecule has 1 heterocycles. The van der Waals surface area contributed by atoms with E-state index in [9.17, 15) is 0 Å². The van der Waals surface area contributed by atoms with Crippen LogP contribution in [0.15, 0.2) is 27.8 Å². The first-order chi connectivity index (χ1) is 11.2. The van der Waals surface area contributed by atoms with Crippen LogP contribution in [-0.2, 0) is 9.47 Å². The van der Waals surface area contributed by atoms with Crippen molar-refractivity contribution in [2.75, 3.05) is 61.2 Å². The minimum Gasteiger partial charge on any atom is -0.468 e. The summed E-state index contributed by atoms with van der Waals surface area (Å²) >= 11 is 0. The molecule has 1 unspecified atom stereocenters. The van der Waals surface area contributed by atoms with E-state index in [0.29, 0.717) is 26.4 Å². The molecule has 2 N–H and O–H groups in total. The van der Waals surface area contributed by atoms with Gasteiger partial charge in [-0.25, -0.2) is 0 Å². The SMILES string of the molecule is CN=C(NCCCOCCOC)NCC(c1ccco1)N(C)C. The molecule has 0 aliphatic carbocycles. The summed E-state index contributed by atoms with van der Waals surface area (Å²) in [6.45, 7) is 3.50. The Morgan fingerprint density at radius 2 is 2.13 bits per heavy atom. The topological polar surface area (TPSA) is 71.3 Å².